The van der Waals surface area contributed by atoms with Gasteiger partial charge in [0.25, 0.3) is 0 Å². The molecule has 4 aliphatic carbocycles. The van der Waals surface area contributed by atoms with Crippen LogP contribution in [0, 0.1) is 35.5 Å². The Balaban J connectivity index is 1.13. The van der Waals surface area contributed by atoms with E-state index < -0.39 is 0 Å². The molecule has 4 rings (SSSR count). The first-order chi connectivity index (χ1) is 19.0. The molecular weight excluding hydrogens is 522 g/mol. The van der Waals surface area contributed by atoms with Crippen LogP contribution in [0.25, 0.3) is 0 Å². The fourth-order valence-electron chi connectivity index (χ4n) is 9.20. The molecule has 0 aromatic rings. The Kier molecular flexibility index (Phi) is 14.8. The highest BCUT2D eigenvalue weighted by atomic mass is 31.1. The van der Waals surface area contributed by atoms with Gasteiger partial charge < -0.3 is 20.4 Å². The molecule has 0 saturated heterocycles. The molecule has 4 N–H and O–H groups in total. The maximum absolute atomic E-state index is 10.3. The summed E-state index contributed by atoms with van der Waals surface area (Å²) < 4.78 is 0. The minimum atomic E-state index is -0.0887. The molecule has 228 valence electrons. The topological polar surface area (TPSA) is 80.9 Å². The van der Waals surface area contributed by atoms with Crippen LogP contribution in [-0.4, -0.2) is 69.5 Å². The fraction of sp³-hybridized carbons (Fsp3) is 1.00. The molecule has 0 spiro atoms. The summed E-state index contributed by atoms with van der Waals surface area (Å²) in [4.78, 5) is 0. The van der Waals surface area contributed by atoms with Crippen LogP contribution in [0.2, 0.25) is 0 Å². The smallest absolute Gasteiger partial charge is 0.0543 e. The van der Waals surface area contributed by atoms with Crippen molar-refractivity contribution >= 4 is 17.2 Å². The number of hydrogen-bond donors (Lipinski definition) is 4. The summed E-state index contributed by atoms with van der Waals surface area (Å²) in [5.74, 6) is 4.16. The van der Waals surface area contributed by atoms with Gasteiger partial charge in [0.2, 0.25) is 0 Å². The molecule has 0 bridgehead atoms. The second kappa shape index (κ2) is 17.7. The van der Waals surface area contributed by atoms with Crippen LogP contribution in [-0.2, 0) is 0 Å². The first-order valence-electron chi connectivity index (χ1n) is 17.1. The van der Waals surface area contributed by atoms with Gasteiger partial charge in [0.05, 0.1) is 24.4 Å². The van der Waals surface area contributed by atoms with Crippen LogP contribution in [0.15, 0.2) is 0 Å². The zero-order chi connectivity index (χ0) is 27.5. The maximum Gasteiger partial charge on any atom is 0.0543 e. The van der Waals surface area contributed by atoms with Gasteiger partial charge in [-0.3, -0.25) is 0 Å². The largest absolute Gasteiger partial charge is 0.393 e. The summed E-state index contributed by atoms with van der Waals surface area (Å²) >= 11 is 0. The van der Waals surface area contributed by atoms with Crippen LogP contribution in [0.4, 0.5) is 0 Å². The van der Waals surface area contributed by atoms with E-state index in [2.05, 4.69) is 0 Å². The Morgan fingerprint density at radius 3 is 1.03 bits per heavy atom. The zero-order valence-electron chi connectivity index (χ0n) is 24.8. The molecule has 4 fully saturated rings. The van der Waals surface area contributed by atoms with E-state index in [1.165, 1.54) is 95.3 Å². The lowest BCUT2D eigenvalue weighted by Crippen LogP contribution is -2.34. The van der Waals surface area contributed by atoms with Crippen LogP contribution in [0.1, 0.15) is 122 Å². The van der Waals surface area contributed by atoms with E-state index in [0.29, 0.717) is 23.7 Å². The Morgan fingerprint density at radius 2 is 0.744 bits per heavy atom. The summed E-state index contributed by atoms with van der Waals surface area (Å²) in [6.45, 7) is 0. The molecule has 10 unspecified atom stereocenters. The number of aliphatic hydroxyl groups is 4. The molecular formula is C33H62O4P2. The van der Waals surface area contributed by atoms with Gasteiger partial charge in [-0.1, -0.05) is 25.7 Å². The third-order valence-corrected chi connectivity index (χ3v) is 13.9. The number of hydrogen-bond acceptors (Lipinski definition) is 4. The van der Waals surface area contributed by atoms with Crippen molar-refractivity contribution < 1.29 is 20.4 Å². The Hall–Kier alpha value is 0.700. The van der Waals surface area contributed by atoms with E-state index in [1.807, 2.05) is 0 Å². The van der Waals surface area contributed by atoms with Gasteiger partial charge in [-0.2, -0.15) is 0 Å². The molecule has 4 saturated carbocycles. The fourth-order valence-corrected chi connectivity index (χ4v) is 12.0. The quantitative estimate of drug-likeness (QED) is 0.132. The number of aliphatic hydroxyl groups excluding tert-OH is 4. The van der Waals surface area contributed by atoms with Crippen molar-refractivity contribution in [2.45, 2.75) is 146 Å². The second-order valence-electron chi connectivity index (χ2n) is 14.1. The van der Waals surface area contributed by atoms with Crippen molar-refractivity contribution in [3.05, 3.63) is 0 Å². The SMILES string of the molecule is OC1CCCC(C(CCPCCCPCCC(C2CCCC(O)C2)C2CCCC(O)C2)C2CCCC(O)C2)C1. The molecule has 0 radical (unpaired) electrons. The highest BCUT2D eigenvalue weighted by molar-refractivity contribution is 7.39. The molecule has 0 aromatic carbocycles. The lowest BCUT2D eigenvalue weighted by molar-refractivity contribution is 0.0280. The molecule has 0 amide bonds. The van der Waals surface area contributed by atoms with Crippen LogP contribution < -0.4 is 0 Å². The van der Waals surface area contributed by atoms with E-state index >= 15 is 0 Å². The highest BCUT2D eigenvalue weighted by Gasteiger charge is 2.36. The molecule has 39 heavy (non-hydrogen) atoms. The Labute approximate surface area is 243 Å². The van der Waals surface area contributed by atoms with Gasteiger partial charge in [0.1, 0.15) is 0 Å². The third kappa shape index (κ3) is 11.0. The van der Waals surface area contributed by atoms with Crippen LogP contribution >= 0.6 is 17.2 Å². The summed E-state index contributed by atoms with van der Waals surface area (Å²) in [5.41, 5.74) is 0. The lowest BCUT2D eigenvalue weighted by Gasteiger charge is -2.40. The van der Waals surface area contributed by atoms with E-state index in [0.717, 1.165) is 80.4 Å². The zero-order valence-corrected chi connectivity index (χ0v) is 26.8. The first kappa shape index (κ1) is 32.6. The van der Waals surface area contributed by atoms with Gasteiger partial charge in [0.15, 0.2) is 0 Å². The highest BCUT2D eigenvalue weighted by Crippen LogP contribution is 2.44. The average Bonchev–Trinajstić information content (AvgIpc) is 2.92. The van der Waals surface area contributed by atoms with Gasteiger partial charge in [0, 0.05) is 0 Å². The normalized spacial score (nSPS) is 38.5. The summed E-state index contributed by atoms with van der Waals surface area (Å²) in [7, 11) is 2.15. The van der Waals surface area contributed by atoms with E-state index in [9.17, 15) is 20.4 Å². The predicted octanol–water partition coefficient (Wildman–Crippen LogP) is 6.95. The van der Waals surface area contributed by atoms with Crippen molar-refractivity contribution in [1.82, 2.24) is 0 Å². The molecule has 4 aliphatic rings. The van der Waals surface area contributed by atoms with Gasteiger partial charge in [-0.25, -0.2) is 0 Å². The molecule has 10 atom stereocenters. The minimum Gasteiger partial charge on any atom is -0.393 e. The first-order valence-corrected chi connectivity index (χ1v) is 20.0. The summed E-state index contributed by atoms with van der Waals surface area (Å²) in [6.07, 6.45) is 27.0. The van der Waals surface area contributed by atoms with Crippen molar-refractivity contribution in [3.63, 3.8) is 0 Å². The predicted molar refractivity (Wildman–Crippen MR) is 169 cm³/mol. The van der Waals surface area contributed by atoms with Gasteiger partial charge in [-0.05, 0) is 156 Å². The average molecular weight is 585 g/mol. The molecule has 0 aromatic heterocycles. The molecule has 0 heterocycles. The monoisotopic (exact) mass is 584 g/mol. The van der Waals surface area contributed by atoms with Gasteiger partial charge in [-0.15, -0.1) is 17.2 Å². The molecule has 4 nitrogen and oxygen atoms in total. The summed E-state index contributed by atoms with van der Waals surface area (Å²) in [5, 5.41) is 41.3. The van der Waals surface area contributed by atoms with Crippen molar-refractivity contribution in [2.24, 2.45) is 35.5 Å². The van der Waals surface area contributed by atoms with Crippen molar-refractivity contribution in [3.8, 4) is 0 Å². The number of rotatable bonds is 14. The van der Waals surface area contributed by atoms with E-state index in [1.54, 1.807) is 0 Å². The summed E-state index contributed by atoms with van der Waals surface area (Å²) in [6, 6.07) is 0. The van der Waals surface area contributed by atoms with Crippen LogP contribution in [0.3, 0.4) is 0 Å². The van der Waals surface area contributed by atoms with Crippen molar-refractivity contribution in [1.29, 1.82) is 0 Å². The Morgan fingerprint density at radius 1 is 0.436 bits per heavy atom. The molecule has 6 heteroatoms. The Bertz CT molecular complexity index is 568. The third-order valence-electron chi connectivity index (χ3n) is 11.2. The minimum absolute atomic E-state index is 0.0887. The van der Waals surface area contributed by atoms with Crippen molar-refractivity contribution in [2.75, 3.05) is 24.6 Å². The lowest BCUT2D eigenvalue weighted by atomic mass is 9.68. The van der Waals surface area contributed by atoms with Gasteiger partial charge >= 0.3 is 0 Å². The standard InChI is InChI=1S/C33H62O4P2/c34-28-10-1-6-24(20-28)32(25-7-2-11-29(35)21-25)14-18-38-16-5-17-39-19-15-33(26-8-3-12-30(36)22-26)27-9-4-13-31(37)23-27/h24-39H,1-23H2. The maximum atomic E-state index is 10.3. The van der Waals surface area contributed by atoms with E-state index in [-0.39, 0.29) is 24.4 Å². The second-order valence-corrected chi connectivity index (χ2v) is 17.1. The van der Waals surface area contributed by atoms with Crippen LogP contribution in [0.5, 0.6) is 0 Å². The van der Waals surface area contributed by atoms with E-state index in [4.69, 9.17) is 0 Å². The molecule has 0 aliphatic heterocycles.